The standard InChI is InChI=1S/C14H19BO3/c1-3-5-10-6-7-12-14-13(10)11(4-2)18-15(14)17-9-8-16-12/h6-7,11H,3-5,8-9H2,1-2H3/t11-/m1/s1. The molecule has 0 spiro atoms. The van der Waals surface area contributed by atoms with Gasteiger partial charge in [-0.15, -0.1) is 0 Å². The molecule has 1 aromatic carbocycles. The first-order valence-electron chi connectivity index (χ1n) is 6.90. The molecule has 0 unspecified atom stereocenters. The third kappa shape index (κ3) is 1.84. The predicted molar refractivity (Wildman–Crippen MR) is 71.4 cm³/mol. The van der Waals surface area contributed by atoms with Gasteiger partial charge in [0.05, 0.1) is 12.7 Å². The highest BCUT2D eigenvalue weighted by Crippen LogP contribution is 2.35. The molecule has 1 aromatic rings. The van der Waals surface area contributed by atoms with E-state index in [4.69, 9.17) is 14.0 Å². The summed E-state index contributed by atoms with van der Waals surface area (Å²) in [4.78, 5) is 0. The second kappa shape index (κ2) is 4.94. The van der Waals surface area contributed by atoms with Gasteiger partial charge in [-0.1, -0.05) is 26.3 Å². The zero-order valence-corrected chi connectivity index (χ0v) is 11.1. The monoisotopic (exact) mass is 246 g/mol. The highest BCUT2D eigenvalue weighted by atomic mass is 16.6. The van der Waals surface area contributed by atoms with Crippen molar-refractivity contribution in [2.75, 3.05) is 13.2 Å². The molecule has 4 heteroatoms. The van der Waals surface area contributed by atoms with Crippen molar-refractivity contribution in [2.45, 2.75) is 39.2 Å². The number of hydrogen-bond acceptors (Lipinski definition) is 3. The van der Waals surface area contributed by atoms with E-state index < -0.39 is 0 Å². The van der Waals surface area contributed by atoms with Crippen LogP contribution in [0.15, 0.2) is 12.1 Å². The first kappa shape index (κ1) is 12.1. The Bertz CT molecular complexity index is 447. The van der Waals surface area contributed by atoms with Crippen LogP contribution in [-0.2, 0) is 15.7 Å². The molecule has 0 amide bonds. The van der Waals surface area contributed by atoms with E-state index in [1.807, 2.05) is 0 Å². The summed E-state index contributed by atoms with van der Waals surface area (Å²) in [6.07, 6.45) is 3.38. The summed E-state index contributed by atoms with van der Waals surface area (Å²) < 4.78 is 17.5. The molecule has 2 heterocycles. The van der Waals surface area contributed by atoms with E-state index in [0.717, 1.165) is 30.5 Å². The summed E-state index contributed by atoms with van der Waals surface area (Å²) in [5.41, 5.74) is 3.86. The second-order valence-electron chi connectivity index (χ2n) is 4.88. The maximum atomic E-state index is 6.03. The van der Waals surface area contributed by atoms with E-state index in [9.17, 15) is 0 Å². The van der Waals surface area contributed by atoms with Crippen LogP contribution in [0.1, 0.15) is 43.9 Å². The molecule has 0 aromatic heterocycles. The van der Waals surface area contributed by atoms with Gasteiger partial charge in [-0.25, -0.2) is 0 Å². The molecule has 1 atom stereocenters. The van der Waals surface area contributed by atoms with Gasteiger partial charge in [0.1, 0.15) is 12.4 Å². The fourth-order valence-corrected chi connectivity index (χ4v) is 2.91. The molecule has 0 aliphatic carbocycles. The van der Waals surface area contributed by atoms with Crippen LogP contribution in [0.2, 0.25) is 0 Å². The molecular formula is C14H19BO3. The summed E-state index contributed by atoms with van der Waals surface area (Å²) in [5, 5.41) is 0. The Morgan fingerprint density at radius 2 is 2.17 bits per heavy atom. The van der Waals surface area contributed by atoms with Crippen LogP contribution in [0, 0.1) is 0 Å². The summed E-state index contributed by atoms with van der Waals surface area (Å²) in [6, 6.07) is 4.27. The molecule has 2 aliphatic heterocycles. The lowest BCUT2D eigenvalue weighted by atomic mass is 9.76. The number of hydrogen-bond donors (Lipinski definition) is 0. The molecule has 0 saturated carbocycles. The van der Waals surface area contributed by atoms with E-state index in [0.29, 0.717) is 13.2 Å². The average Bonchev–Trinajstić information content (AvgIpc) is 2.64. The molecule has 2 aliphatic rings. The normalized spacial score (nSPS) is 21.4. The number of aryl methyl sites for hydroxylation is 1. The van der Waals surface area contributed by atoms with Gasteiger partial charge < -0.3 is 14.0 Å². The fourth-order valence-electron chi connectivity index (χ4n) is 2.91. The van der Waals surface area contributed by atoms with Gasteiger partial charge in [0.15, 0.2) is 0 Å². The van der Waals surface area contributed by atoms with E-state index in [1.54, 1.807) is 0 Å². The molecule has 0 bridgehead atoms. The van der Waals surface area contributed by atoms with Crippen LogP contribution in [0.3, 0.4) is 0 Å². The van der Waals surface area contributed by atoms with Crippen molar-refractivity contribution >= 4 is 12.6 Å². The van der Waals surface area contributed by atoms with Crippen LogP contribution in [0.5, 0.6) is 5.75 Å². The van der Waals surface area contributed by atoms with E-state index in [1.165, 1.54) is 11.1 Å². The molecule has 96 valence electrons. The maximum Gasteiger partial charge on any atom is 0.498 e. The maximum absolute atomic E-state index is 6.03. The highest BCUT2D eigenvalue weighted by molar-refractivity contribution is 6.64. The van der Waals surface area contributed by atoms with E-state index in [-0.39, 0.29) is 13.2 Å². The predicted octanol–water partition coefficient (Wildman–Crippen LogP) is 2.22. The molecule has 0 N–H and O–H groups in total. The molecule has 0 saturated heterocycles. The Labute approximate surface area is 109 Å². The van der Waals surface area contributed by atoms with Crippen LogP contribution < -0.4 is 10.2 Å². The first-order chi connectivity index (χ1) is 8.85. The second-order valence-corrected chi connectivity index (χ2v) is 4.88. The molecule has 0 radical (unpaired) electrons. The zero-order valence-electron chi connectivity index (χ0n) is 11.1. The van der Waals surface area contributed by atoms with Crippen molar-refractivity contribution in [2.24, 2.45) is 0 Å². The first-order valence-corrected chi connectivity index (χ1v) is 6.90. The summed E-state index contributed by atoms with van der Waals surface area (Å²) >= 11 is 0. The van der Waals surface area contributed by atoms with Crippen molar-refractivity contribution in [3.8, 4) is 5.75 Å². The van der Waals surface area contributed by atoms with Crippen LogP contribution >= 0.6 is 0 Å². The Morgan fingerprint density at radius 1 is 1.28 bits per heavy atom. The zero-order chi connectivity index (χ0) is 12.5. The Hall–Kier alpha value is -0.995. The van der Waals surface area contributed by atoms with E-state index >= 15 is 0 Å². The van der Waals surface area contributed by atoms with Gasteiger partial charge >= 0.3 is 7.12 Å². The van der Waals surface area contributed by atoms with Crippen molar-refractivity contribution in [3.63, 3.8) is 0 Å². The third-order valence-electron chi connectivity index (χ3n) is 3.68. The highest BCUT2D eigenvalue weighted by Gasteiger charge is 2.41. The fraction of sp³-hybridized carbons (Fsp3) is 0.571. The Kier molecular flexibility index (Phi) is 3.31. The summed E-state index contributed by atoms with van der Waals surface area (Å²) in [6.45, 7) is 5.57. The van der Waals surface area contributed by atoms with Crippen LogP contribution in [-0.4, -0.2) is 20.3 Å². The van der Waals surface area contributed by atoms with Crippen LogP contribution in [0.4, 0.5) is 0 Å². The van der Waals surface area contributed by atoms with Gasteiger partial charge in [-0.05, 0) is 30.0 Å². The Morgan fingerprint density at radius 3 is 2.94 bits per heavy atom. The molecule has 0 fully saturated rings. The minimum atomic E-state index is -0.223. The quantitative estimate of drug-likeness (QED) is 0.765. The lowest BCUT2D eigenvalue weighted by Crippen LogP contribution is -2.31. The summed E-state index contributed by atoms with van der Waals surface area (Å²) in [7, 11) is -0.223. The minimum Gasteiger partial charge on any atom is -0.492 e. The van der Waals surface area contributed by atoms with Gasteiger partial charge in [0.2, 0.25) is 0 Å². The number of benzene rings is 1. The van der Waals surface area contributed by atoms with Crippen LogP contribution in [0.25, 0.3) is 0 Å². The van der Waals surface area contributed by atoms with Gasteiger partial charge in [0, 0.05) is 5.46 Å². The minimum absolute atomic E-state index is 0.160. The smallest absolute Gasteiger partial charge is 0.492 e. The lowest BCUT2D eigenvalue weighted by Gasteiger charge is -2.16. The molecule has 3 rings (SSSR count). The molecular weight excluding hydrogens is 227 g/mol. The summed E-state index contributed by atoms with van der Waals surface area (Å²) in [5.74, 6) is 0.948. The van der Waals surface area contributed by atoms with Gasteiger partial charge in [-0.3, -0.25) is 0 Å². The molecule has 18 heavy (non-hydrogen) atoms. The van der Waals surface area contributed by atoms with Gasteiger partial charge in [-0.2, -0.15) is 0 Å². The SMILES string of the molecule is CCCc1ccc2c3c1[C@@H](CC)OB3OCCO2. The topological polar surface area (TPSA) is 27.7 Å². The van der Waals surface area contributed by atoms with Crippen molar-refractivity contribution in [1.29, 1.82) is 0 Å². The van der Waals surface area contributed by atoms with Crippen molar-refractivity contribution in [1.82, 2.24) is 0 Å². The van der Waals surface area contributed by atoms with Gasteiger partial charge in [0.25, 0.3) is 0 Å². The third-order valence-corrected chi connectivity index (χ3v) is 3.68. The lowest BCUT2D eigenvalue weighted by molar-refractivity contribution is 0.141. The number of ether oxygens (including phenoxy) is 1. The molecule has 3 nitrogen and oxygen atoms in total. The average molecular weight is 246 g/mol. The van der Waals surface area contributed by atoms with Crippen molar-refractivity contribution < 1.29 is 14.0 Å². The van der Waals surface area contributed by atoms with E-state index in [2.05, 4.69) is 26.0 Å². The number of rotatable bonds is 3. The largest absolute Gasteiger partial charge is 0.498 e. The Balaban J connectivity index is 2.12. The van der Waals surface area contributed by atoms with Crippen molar-refractivity contribution in [3.05, 3.63) is 23.3 Å².